The van der Waals surface area contributed by atoms with Crippen LogP contribution in [0, 0.1) is 5.82 Å². The fraction of sp³-hybridized carbons (Fsp3) is 0.240. The lowest BCUT2D eigenvalue weighted by molar-refractivity contribution is -0.132. The zero-order valence-electron chi connectivity index (χ0n) is 17.9. The summed E-state index contributed by atoms with van der Waals surface area (Å²) in [5.74, 6) is -1.06. The smallest absolute Gasteiger partial charge is 0.252 e. The third kappa shape index (κ3) is 6.62. The van der Waals surface area contributed by atoms with Crippen LogP contribution in [-0.4, -0.2) is 28.2 Å². The number of nitrogens with zero attached hydrogens (tertiary/aromatic N) is 2. The Morgan fingerprint density at radius 1 is 1.03 bits per heavy atom. The van der Waals surface area contributed by atoms with Crippen LogP contribution >= 0.6 is 11.6 Å². The molecule has 3 rings (SSSR count). The molecule has 32 heavy (non-hydrogen) atoms. The predicted octanol–water partition coefficient (Wildman–Crippen LogP) is 4.79. The van der Waals surface area contributed by atoms with Gasteiger partial charge in [0.15, 0.2) is 0 Å². The normalized spacial score (nSPS) is 10.6. The Kier molecular flexibility index (Phi) is 8.34. The Balaban J connectivity index is 1.63. The van der Waals surface area contributed by atoms with Crippen molar-refractivity contribution in [3.05, 3.63) is 100 Å². The fourth-order valence-electron chi connectivity index (χ4n) is 3.25. The van der Waals surface area contributed by atoms with Crippen LogP contribution < -0.4 is 5.32 Å². The van der Waals surface area contributed by atoms with E-state index in [2.05, 4.69) is 29.4 Å². The van der Waals surface area contributed by atoms with Crippen molar-refractivity contribution < 1.29 is 14.0 Å². The average molecular weight is 454 g/mol. The summed E-state index contributed by atoms with van der Waals surface area (Å²) in [6.45, 7) is 3.11. The molecular weight excluding hydrogens is 429 g/mol. The molecule has 3 aromatic rings. The van der Waals surface area contributed by atoms with Gasteiger partial charge in [0.05, 0.1) is 10.6 Å². The van der Waals surface area contributed by atoms with Crippen LogP contribution in [0.3, 0.4) is 0 Å². The van der Waals surface area contributed by atoms with E-state index in [0.29, 0.717) is 13.1 Å². The summed E-state index contributed by atoms with van der Waals surface area (Å²) >= 11 is 5.94. The summed E-state index contributed by atoms with van der Waals surface area (Å²) in [5, 5.41) is 2.71. The van der Waals surface area contributed by atoms with Crippen molar-refractivity contribution in [3.8, 4) is 0 Å². The largest absolute Gasteiger partial charge is 0.351 e. The number of carbonyl (C=O) groups is 2. The standard InChI is InChI=1S/C25H25ClFN3O2/c1-2-18-5-7-19(8-6-18)16-30(17-20-4-3-12-28-15-20)24(31)11-13-29-25(32)22-10-9-21(27)14-23(22)26/h3-10,12,14-15H,2,11,13,16-17H2,1H3,(H,29,32). The maximum atomic E-state index is 13.2. The molecule has 0 aliphatic heterocycles. The summed E-state index contributed by atoms with van der Waals surface area (Å²) in [5.41, 5.74) is 3.36. The lowest BCUT2D eigenvalue weighted by atomic mass is 10.1. The number of nitrogens with one attached hydrogen (secondary N) is 1. The average Bonchev–Trinajstić information content (AvgIpc) is 2.79. The van der Waals surface area contributed by atoms with E-state index in [1.54, 1.807) is 17.3 Å². The Morgan fingerprint density at radius 3 is 2.41 bits per heavy atom. The predicted molar refractivity (Wildman–Crippen MR) is 123 cm³/mol. The van der Waals surface area contributed by atoms with Crippen molar-refractivity contribution in [2.24, 2.45) is 0 Å². The highest BCUT2D eigenvalue weighted by Gasteiger charge is 2.16. The van der Waals surface area contributed by atoms with Gasteiger partial charge in [-0.1, -0.05) is 48.9 Å². The zero-order chi connectivity index (χ0) is 22.9. The Morgan fingerprint density at radius 2 is 1.75 bits per heavy atom. The monoisotopic (exact) mass is 453 g/mol. The van der Waals surface area contributed by atoms with Crippen molar-refractivity contribution in [2.45, 2.75) is 32.9 Å². The van der Waals surface area contributed by atoms with E-state index in [9.17, 15) is 14.0 Å². The summed E-state index contributed by atoms with van der Waals surface area (Å²) < 4.78 is 13.2. The molecule has 0 spiro atoms. The van der Waals surface area contributed by atoms with Crippen LogP contribution in [0.25, 0.3) is 0 Å². The van der Waals surface area contributed by atoms with Gasteiger partial charge in [-0.15, -0.1) is 0 Å². The van der Waals surface area contributed by atoms with Crippen molar-refractivity contribution in [2.75, 3.05) is 6.54 Å². The molecular formula is C25H25ClFN3O2. The van der Waals surface area contributed by atoms with Crippen LogP contribution in [0.2, 0.25) is 5.02 Å². The van der Waals surface area contributed by atoms with Gasteiger partial charge in [-0.05, 0) is 47.4 Å². The third-order valence-electron chi connectivity index (χ3n) is 5.05. The number of aryl methyl sites for hydroxylation is 1. The highest BCUT2D eigenvalue weighted by molar-refractivity contribution is 6.33. The molecule has 0 radical (unpaired) electrons. The molecule has 0 aliphatic carbocycles. The van der Waals surface area contributed by atoms with Gasteiger partial charge in [0.25, 0.3) is 5.91 Å². The van der Waals surface area contributed by atoms with Gasteiger partial charge in [-0.2, -0.15) is 0 Å². The first-order valence-corrected chi connectivity index (χ1v) is 10.8. The third-order valence-corrected chi connectivity index (χ3v) is 5.37. The molecule has 2 aromatic carbocycles. The van der Waals surface area contributed by atoms with E-state index in [4.69, 9.17) is 11.6 Å². The first kappa shape index (κ1) is 23.4. The van der Waals surface area contributed by atoms with Crippen molar-refractivity contribution in [1.29, 1.82) is 0 Å². The molecule has 2 amide bonds. The number of carbonyl (C=O) groups excluding carboxylic acids is 2. The van der Waals surface area contributed by atoms with Crippen LogP contribution in [-0.2, 0) is 24.3 Å². The lowest BCUT2D eigenvalue weighted by Gasteiger charge is -2.23. The number of amides is 2. The second kappa shape index (κ2) is 11.4. The number of halogens is 2. The first-order valence-electron chi connectivity index (χ1n) is 10.4. The summed E-state index contributed by atoms with van der Waals surface area (Å²) in [4.78, 5) is 31.2. The number of hydrogen-bond donors (Lipinski definition) is 1. The SMILES string of the molecule is CCc1ccc(CN(Cc2cccnc2)C(=O)CCNC(=O)c2ccc(F)cc2Cl)cc1. The van der Waals surface area contributed by atoms with Gasteiger partial charge in [-0.3, -0.25) is 14.6 Å². The van der Waals surface area contributed by atoms with Crippen molar-refractivity contribution in [3.63, 3.8) is 0 Å². The highest BCUT2D eigenvalue weighted by atomic mass is 35.5. The minimum absolute atomic E-state index is 0.0301. The zero-order valence-corrected chi connectivity index (χ0v) is 18.6. The molecule has 0 bridgehead atoms. The van der Waals surface area contributed by atoms with Gasteiger partial charge < -0.3 is 10.2 Å². The van der Waals surface area contributed by atoms with Crippen LogP contribution in [0.5, 0.6) is 0 Å². The number of aromatic nitrogens is 1. The maximum absolute atomic E-state index is 13.2. The summed E-state index contributed by atoms with van der Waals surface area (Å²) in [7, 11) is 0. The topological polar surface area (TPSA) is 62.3 Å². The van der Waals surface area contributed by atoms with Gasteiger partial charge in [0, 0.05) is 38.4 Å². The van der Waals surface area contributed by atoms with Crippen LogP contribution in [0.1, 0.15) is 40.4 Å². The quantitative estimate of drug-likeness (QED) is 0.507. The summed E-state index contributed by atoms with van der Waals surface area (Å²) in [6, 6.07) is 15.5. The molecule has 0 saturated carbocycles. The van der Waals surface area contributed by atoms with Gasteiger partial charge in [0.2, 0.25) is 5.91 Å². The minimum atomic E-state index is -0.514. The Bertz CT molecular complexity index is 1060. The lowest BCUT2D eigenvalue weighted by Crippen LogP contribution is -2.34. The fourth-order valence-corrected chi connectivity index (χ4v) is 3.51. The first-order chi connectivity index (χ1) is 15.5. The van der Waals surface area contributed by atoms with E-state index in [0.717, 1.165) is 23.6 Å². The molecule has 166 valence electrons. The molecule has 1 N–H and O–H groups in total. The second-order valence-electron chi connectivity index (χ2n) is 7.41. The molecule has 1 heterocycles. The van der Waals surface area contributed by atoms with E-state index in [1.165, 1.54) is 17.7 Å². The Hall–Kier alpha value is -3.25. The Labute approximate surface area is 192 Å². The van der Waals surface area contributed by atoms with E-state index in [-0.39, 0.29) is 29.5 Å². The molecule has 1 aromatic heterocycles. The minimum Gasteiger partial charge on any atom is -0.351 e. The van der Waals surface area contributed by atoms with E-state index >= 15 is 0 Å². The van der Waals surface area contributed by atoms with Gasteiger partial charge in [-0.25, -0.2) is 4.39 Å². The molecule has 0 aliphatic rings. The van der Waals surface area contributed by atoms with Crippen LogP contribution in [0.4, 0.5) is 4.39 Å². The number of benzene rings is 2. The molecule has 0 fully saturated rings. The molecule has 7 heteroatoms. The number of hydrogen-bond acceptors (Lipinski definition) is 3. The molecule has 0 unspecified atom stereocenters. The van der Waals surface area contributed by atoms with E-state index < -0.39 is 11.7 Å². The van der Waals surface area contributed by atoms with E-state index in [1.807, 2.05) is 24.3 Å². The second-order valence-corrected chi connectivity index (χ2v) is 7.82. The van der Waals surface area contributed by atoms with Gasteiger partial charge >= 0.3 is 0 Å². The molecule has 0 saturated heterocycles. The summed E-state index contributed by atoms with van der Waals surface area (Å²) in [6.07, 6.45) is 4.50. The number of rotatable bonds is 9. The highest BCUT2D eigenvalue weighted by Crippen LogP contribution is 2.17. The van der Waals surface area contributed by atoms with Crippen molar-refractivity contribution >= 4 is 23.4 Å². The molecule has 5 nitrogen and oxygen atoms in total. The maximum Gasteiger partial charge on any atom is 0.252 e. The molecule has 0 atom stereocenters. The van der Waals surface area contributed by atoms with Crippen molar-refractivity contribution in [1.82, 2.24) is 15.2 Å². The van der Waals surface area contributed by atoms with Gasteiger partial charge in [0.1, 0.15) is 5.82 Å². The van der Waals surface area contributed by atoms with Crippen LogP contribution in [0.15, 0.2) is 67.0 Å². The number of pyridine rings is 1.